The van der Waals surface area contributed by atoms with Gasteiger partial charge in [0, 0.05) is 25.8 Å². The zero-order chi connectivity index (χ0) is 17.9. The summed E-state index contributed by atoms with van der Waals surface area (Å²) in [5.74, 6) is -1.36. The number of carboxylic acids is 1. The molecule has 7 nitrogen and oxygen atoms in total. The van der Waals surface area contributed by atoms with Crippen molar-refractivity contribution in [1.29, 1.82) is 0 Å². The summed E-state index contributed by atoms with van der Waals surface area (Å²) in [4.78, 5) is 24.7. The molecule has 0 radical (unpaired) electrons. The van der Waals surface area contributed by atoms with E-state index < -0.39 is 30.0 Å². The molecule has 0 bridgehead atoms. The van der Waals surface area contributed by atoms with Crippen LogP contribution in [-0.2, 0) is 11.3 Å². The monoisotopic (exact) mass is 344 g/mol. The van der Waals surface area contributed by atoms with Crippen molar-refractivity contribution in [2.45, 2.75) is 39.7 Å². The average molecular weight is 344 g/mol. The Kier molecular flexibility index (Phi) is 5.74. The van der Waals surface area contributed by atoms with Crippen LogP contribution < -0.4 is 5.32 Å². The number of carbonyl (C=O) groups is 2. The molecule has 2 heterocycles. The van der Waals surface area contributed by atoms with Crippen molar-refractivity contribution in [1.82, 2.24) is 14.7 Å². The minimum absolute atomic E-state index is 0.0342. The Hall–Kier alpha value is -2.19. The van der Waals surface area contributed by atoms with Crippen LogP contribution in [0.4, 0.5) is 19.3 Å². The van der Waals surface area contributed by atoms with Crippen molar-refractivity contribution >= 4 is 17.7 Å². The lowest BCUT2D eigenvalue weighted by atomic mass is 9.99. The van der Waals surface area contributed by atoms with Crippen LogP contribution in [0.15, 0.2) is 6.20 Å². The number of aromatic nitrogens is 2. The molecule has 134 valence electrons. The first-order valence-electron chi connectivity index (χ1n) is 7.92. The van der Waals surface area contributed by atoms with Gasteiger partial charge < -0.3 is 15.3 Å². The van der Waals surface area contributed by atoms with E-state index in [1.807, 2.05) is 13.8 Å². The first kappa shape index (κ1) is 18.2. The third-order valence-electron chi connectivity index (χ3n) is 3.85. The van der Waals surface area contributed by atoms with Gasteiger partial charge in [0.15, 0.2) is 5.69 Å². The lowest BCUT2D eigenvalue weighted by Gasteiger charge is -2.30. The van der Waals surface area contributed by atoms with Gasteiger partial charge in [0.25, 0.3) is 6.43 Å². The summed E-state index contributed by atoms with van der Waals surface area (Å²) < 4.78 is 27.6. The van der Waals surface area contributed by atoms with Gasteiger partial charge in [-0.25, -0.2) is 13.6 Å². The minimum atomic E-state index is -2.80. The van der Waals surface area contributed by atoms with E-state index in [4.69, 9.17) is 5.11 Å². The van der Waals surface area contributed by atoms with Gasteiger partial charge >= 0.3 is 12.0 Å². The Morgan fingerprint density at radius 2 is 2.17 bits per heavy atom. The highest BCUT2D eigenvalue weighted by Crippen LogP contribution is 2.26. The zero-order valence-corrected chi connectivity index (χ0v) is 13.7. The molecular weight excluding hydrogens is 322 g/mol. The smallest absolute Gasteiger partial charge is 0.321 e. The van der Waals surface area contributed by atoms with E-state index in [9.17, 15) is 18.4 Å². The molecule has 1 saturated heterocycles. The topological polar surface area (TPSA) is 87.5 Å². The maximum Gasteiger partial charge on any atom is 0.321 e. The van der Waals surface area contributed by atoms with Crippen LogP contribution >= 0.6 is 0 Å². The van der Waals surface area contributed by atoms with Crippen molar-refractivity contribution in [3.05, 3.63) is 11.9 Å². The second kappa shape index (κ2) is 7.59. The van der Waals surface area contributed by atoms with Crippen molar-refractivity contribution in [3.8, 4) is 0 Å². The van der Waals surface area contributed by atoms with E-state index in [1.54, 1.807) is 0 Å². The van der Waals surface area contributed by atoms with Crippen LogP contribution in [0.3, 0.4) is 0 Å². The lowest BCUT2D eigenvalue weighted by molar-refractivity contribution is -0.143. The van der Waals surface area contributed by atoms with Gasteiger partial charge in [0.1, 0.15) is 0 Å². The van der Waals surface area contributed by atoms with E-state index in [1.165, 1.54) is 15.8 Å². The summed E-state index contributed by atoms with van der Waals surface area (Å²) in [6, 6.07) is -0.577. The normalized spacial score (nSPS) is 18.2. The summed E-state index contributed by atoms with van der Waals surface area (Å²) in [6.45, 7) is 4.80. The number of nitrogens with zero attached hydrogens (tertiary/aromatic N) is 3. The number of alkyl halides is 2. The highest BCUT2D eigenvalue weighted by molar-refractivity contribution is 5.90. The second-order valence-electron chi connectivity index (χ2n) is 6.40. The Bertz CT molecular complexity index is 604. The molecule has 1 aliphatic rings. The number of carboxylic acid groups (broad SMARTS) is 1. The second-order valence-corrected chi connectivity index (χ2v) is 6.40. The maximum absolute atomic E-state index is 13.1. The van der Waals surface area contributed by atoms with E-state index in [-0.39, 0.29) is 18.2 Å². The summed E-state index contributed by atoms with van der Waals surface area (Å²) in [5, 5.41) is 15.3. The standard InChI is InChI=1S/C15H22F2N4O3/c1-9(2)6-21-8-11(12(19-21)13(16)17)18-15(24)20-5-3-4-10(7-20)14(22)23/h8-10,13H,3-7H2,1-2H3,(H,18,24)(H,22,23). The lowest BCUT2D eigenvalue weighted by Crippen LogP contribution is -2.44. The van der Waals surface area contributed by atoms with Crippen LogP contribution in [0.5, 0.6) is 0 Å². The maximum atomic E-state index is 13.1. The third-order valence-corrected chi connectivity index (χ3v) is 3.85. The number of hydrogen-bond donors (Lipinski definition) is 2. The predicted octanol–water partition coefficient (Wildman–Crippen LogP) is 2.81. The molecule has 1 atom stereocenters. The molecule has 2 N–H and O–H groups in total. The number of hydrogen-bond acceptors (Lipinski definition) is 3. The number of likely N-dealkylation sites (tertiary alicyclic amines) is 1. The Morgan fingerprint density at radius 1 is 1.46 bits per heavy atom. The van der Waals surface area contributed by atoms with Crippen LogP contribution in [0.25, 0.3) is 0 Å². The number of anilines is 1. The molecule has 0 spiro atoms. The van der Waals surface area contributed by atoms with E-state index in [0.717, 1.165) is 0 Å². The Balaban J connectivity index is 2.10. The molecule has 0 saturated carbocycles. The summed E-state index contributed by atoms with van der Waals surface area (Å²) in [7, 11) is 0. The van der Waals surface area contributed by atoms with Gasteiger partial charge in [-0.05, 0) is 18.8 Å². The van der Waals surface area contributed by atoms with Gasteiger partial charge in [0.05, 0.1) is 11.6 Å². The molecule has 1 aromatic rings. The van der Waals surface area contributed by atoms with Crippen molar-refractivity contribution in [2.75, 3.05) is 18.4 Å². The number of amides is 2. The SMILES string of the molecule is CC(C)Cn1cc(NC(=O)N2CCCC(C(=O)O)C2)c(C(F)F)n1. The van der Waals surface area contributed by atoms with Gasteiger partial charge in [-0.1, -0.05) is 13.8 Å². The third kappa shape index (κ3) is 4.42. The van der Waals surface area contributed by atoms with E-state index in [2.05, 4.69) is 10.4 Å². The molecule has 0 aliphatic carbocycles. The number of carbonyl (C=O) groups excluding carboxylic acids is 1. The molecular formula is C15H22F2N4O3. The Labute approximate surface area is 138 Å². The van der Waals surface area contributed by atoms with Crippen LogP contribution in [0.2, 0.25) is 0 Å². The van der Waals surface area contributed by atoms with E-state index >= 15 is 0 Å². The molecule has 1 unspecified atom stereocenters. The molecule has 1 fully saturated rings. The van der Waals surface area contributed by atoms with Crippen LogP contribution in [-0.4, -0.2) is 44.9 Å². The highest BCUT2D eigenvalue weighted by Gasteiger charge is 2.29. The van der Waals surface area contributed by atoms with Crippen LogP contribution in [0, 0.1) is 11.8 Å². The number of nitrogens with one attached hydrogen (secondary N) is 1. The summed E-state index contributed by atoms with van der Waals surface area (Å²) >= 11 is 0. The largest absolute Gasteiger partial charge is 0.481 e. The highest BCUT2D eigenvalue weighted by atomic mass is 19.3. The van der Waals surface area contributed by atoms with Gasteiger partial charge in [-0.3, -0.25) is 9.48 Å². The fourth-order valence-corrected chi connectivity index (χ4v) is 2.72. The van der Waals surface area contributed by atoms with Gasteiger partial charge in [0.2, 0.25) is 0 Å². The van der Waals surface area contributed by atoms with Crippen molar-refractivity contribution < 1.29 is 23.5 Å². The number of aliphatic carboxylic acids is 1. The van der Waals surface area contributed by atoms with Gasteiger partial charge in [-0.15, -0.1) is 0 Å². The number of urea groups is 1. The van der Waals surface area contributed by atoms with Crippen molar-refractivity contribution in [3.63, 3.8) is 0 Å². The molecule has 1 aromatic heterocycles. The fraction of sp³-hybridized carbons (Fsp3) is 0.667. The summed E-state index contributed by atoms with van der Waals surface area (Å²) in [6.07, 6.45) is -0.341. The minimum Gasteiger partial charge on any atom is -0.481 e. The molecule has 9 heteroatoms. The fourth-order valence-electron chi connectivity index (χ4n) is 2.72. The quantitative estimate of drug-likeness (QED) is 0.860. The van der Waals surface area contributed by atoms with Crippen molar-refractivity contribution in [2.24, 2.45) is 11.8 Å². The molecule has 1 aliphatic heterocycles. The van der Waals surface area contributed by atoms with Crippen LogP contribution in [0.1, 0.15) is 38.8 Å². The number of halogens is 2. The first-order chi connectivity index (χ1) is 11.3. The summed E-state index contributed by atoms with van der Waals surface area (Å²) in [5.41, 5.74) is -0.510. The molecule has 2 amide bonds. The molecule has 24 heavy (non-hydrogen) atoms. The first-order valence-corrected chi connectivity index (χ1v) is 7.92. The zero-order valence-electron chi connectivity index (χ0n) is 13.7. The van der Waals surface area contributed by atoms with E-state index in [0.29, 0.717) is 25.9 Å². The molecule has 2 rings (SSSR count). The Morgan fingerprint density at radius 3 is 2.75 bits per heavy atom. The number of rotatable bonds is 5. The van der Waals surface area contributed by atoms with Gasteiger partial charge in [-0.2, -0.15) is 5.10 Å². The average Bonchev–Trinajstić information content (AvgIpc) is 2.89. The predicted molar refractivity (Wildman–Crippen MR) is 83.0 cm³/mol. The number of piperidine rings is 1. The molecule has 0 aromatic carbocycles.